The Bertz CT molecular complexity index is 844. The molecule has 2 amide bonds. The molecule has 10 nitrogen and oxygen atoms in total. The maximum absolute atomic E-state index is 12.1. The van der Waals surface area contributed by atoms with Crippen molar-refractivity contribution >= 4 is 33.6 Å². The van der Waals surface area contributed by atoms with E-state index in [1.54, 1.807) is 11.6 Å². The van der Waals surface area contributed by atoms with E-state index in [4.69, 9.17) is 16.3 Å². The molecule has 12 heteroatoms. The van der Waals surface area contributed by atoms with Crippen molar-refractivity contribution < 1.29 is 17.9 Å². The molecule has 0 bridgehead atoms. The largest absolute Gasteiger partial charge is 0.467 e. The minimum atomic E-state index is -4.20. The Balaban J connectivity index is 2.16. The second-order valence-corrected chi connectivity index (χ2v) is 6.05. The fourth-order valence-corrected chi connectivity index (χ4v) is 2.84. The van der Waals surface area contributed by atoms with Crippen molar-refractivity contribution in [3.63, 3.8) is 0 Å². The molecule has 0 saturated heterocycles. The lowest BCUT2D eigenvalue weighted by Gasteiger charge is -2.09. The summed E-state index contributed by atoms with van der Waals surface area (Å²) in [6, 6.07) is 1.49. The molecule has 0 aromatic carbocycles. The number of hydrogen-bond donors (Lipinski definition) is 2. The van der Waals surface area contributed by atoms with Gasteiger partial charge in [0.15, 0.2) is 0 Å². The number of carbonyl (C=O) groups is 1. The molecule has 0 aliphatic heterocycles. The molecule has 2 heterocycles. The van der Waals surface area contributed by atoms with Crippen molar-refractivity contribution in [1.82, 2.24) is 24.7 Å². The van der Waals surface area contributed by atoms with Crippen LogP contribution in [-0.4, -0.2) is 41.5 Å². The molecular weight excluding hydrogens is 348 g/mol. The van der Waals surface area contributed by atoms with Gasteiger partial charge < -0.3 is 4.74 Å². The Hall–Kier alpha value is -2.53. The highest BCUT2D eigenvalue weighted by Crippen LogP contribution is 2.17. The van der Waals surface area contributed by atoms with Gasteiger partial charge in [0.05, 0.1) is 7.11 Å². The highest BCUT2D eigenvalue weighted by Gasteiger charge is 2.21. The summed E-state index contributed by atoms with van der Waals surface area (Å²) in [7, 11) is -2.85. The van der Waals surface area contributed by atoms with Gasteiger partial charge in [-0.1, -0.05) is 11.6 Å². The molecule has 2 aromatic heterocycles. The number of pyridine rings is 1. The molecule has 0 atom stereocenters. The molecule has 2 aromatic rings. The Morgan fingerprint density at radius 1 is 1.30 bits per heavy atom. The summed E-state index contributed by atoms with van der Waals surface area (Å²) in [5, 5.41) is 1.91. The van der Waals surface area contributed by atoms with Gasteiger partial charge in [0.2, 0.25) is 5.95 Å². The number of aryl methyl sites for hydroxylation is 1. The maximum atomic E-state index is 12.1. The van der Waals surface area contributed by atoms with Crippen LogP contribution in [0.15, 0.2) is 23.2 Å². The summed E-state index contributed by atoms with van der Waals surface area (Å²) in [5.41, 5.74) is 0. The van der Waals surface area contributed by atoms with Crippen molar-refractivity contribution in [2.24, 2.45) is 0 Å². The zero-order valence-corrected chi connectivity index (χ0v) is 13.5. The van der Waals surface area contributed by atoms with E-state index in [2.05, 4.69) is 25.3 Å². The Morgan fingerprint density at radius 3 is 2.70 bits per heavy atom. The third-order valence-electron chi connectivity index (χ3n) is 2.38. The van der Waals surface area contributed by atoms with Crippen LogP contribution < -0.4 is 14.8 Å². The first-order chi connectivity index (χ1) is 10.8. The van der Waals surface area contributed by atoms with Gasteiger partial charge in [-0.05, 0) is 19.1 Å². The Kier molecular flexibility index (Phi) is 4.91. The molecule has 2 rings (SSSR count). The van der Waals surface area contributed by atoms with Crippen molar-refractivity contribution in [1.29, 1.82) is 0 Å². The zero-order chi connectivity index (χ0) is 17.0. The topological polar surface area (TPSA) is 136 Å². The highest BCUT2D eigenvalue weighted by atomic mass is 35.5. The Morgan fingerprint density at radius 2 is 2.04 bits per heavy atom. The standard InChI is InChI=1S/C11H11ClN6O4S/c1-6-14-9(17-11(15-6)22-2)16-10(19)18-23(20,21)7-4-3-5-13-8(7)12/h3-5H,1-2H3,(H2,14,15,16,17,18,19). The van der Waals surface area contributed by atoms with Crippen LogP contribution >= 0.6 is 11.6 Å². The zero-order valence-electron chi connectivity index (χ0n) is 11.9. The second kappa shape index (κ2) is 6.71. The van der Waals surface area contributed by atoms with E-state index in [0.29, 0.717) is 0 Å². The molecule has 0 fully saturated rings. The number of aromatic nitrogens is 4. The number of urea groups is 1. The fraction of sp³-hybridized carbons (Fsp3) is 0.182. The molecule has 0 saturated carbocycles. The fourth-order valence-electron chi connectivity index (χ4n) is 1.48. The van der Waals surface area contributed by atoms with Crippen molar-refractivity contribution in [2.45, 2.75) is 11.8 Å². The molecule has 0 aliphatic carbocycles. The van der Waals surface area contributed by atoms with Crippen LogP contribution in [0.1, 0.15) is 5.82 Å². The van der Waals surface area contributed by atoms with E-state index in [1.807, 2.05) is 0 Å². The predicted molar refractivity (Wildman–Crippen MR) is 79.7 cm³/mol. The van der Waals surface area contributed by atoms with Crippen molar-refractivity contribution in [3.05, 3.63) is 29.3 Å². The first kappa shape index (κ1) is 16.8. The second-order valence-electron chi connectivity index (χ2n) is 4.04. The number of carbonyl (C=O) groups excluding carboxylic acids is 1. The number of amides is 2. The summed E-state index contributed by atoms with van der Waals surface area (Å²) in [5.74, 6) is 0.115. The van der Waals surface area contributed by atoms with Crippen LogP contribution in [0.4, 0.5) is 10.7 Å². The molecule has 0 aliphatic rings. The van der Waals surface area contributed by atoms with E-state index in [1.165, 1.54) is 25.4 Å². The van der Waals surface area contributed by atoms with E-state index >= 15 is 0 Å². The molecule has 122 valence electrons. The molecule has 2 N–H and O–H groups in total. The van der Waals surface area contributed by atoms with E-state index in [9.17, 15) is 13.2 Å². The number of methoxy groups -OCH3 is 1. The lowest BCUT2D eigenvalue weighted by atomic mass is 10.5. The summed E-state index contributed by atoms with van der Waals surface area (Å²) < 4.78 is 30.7. The number of nitrogens with zero attached hydrogens (tertiary/aromatic N) is 4. The molecule has 23 heavy (non-hydrogen) atoms. The number of ether oxygens (including phenoxy) is 1. The molecule has 0 radical (unpaired) electrons. The monoisotopic (exact) mass is 358 g/mol. The molecular formula is C11H11ClN6O4S. The lowest BCUT2D eigenvalue weighted by molar-refractivity contribution is 0.256. The van der Waals surface area contributed by atoms with Gasteiger partial charge in [-0.15, -0.1) is 0 Å². The minimum absolute atomic E-state index is 0.0223. The third-order valence-corrected chi connectivity index (χ3v) is 4.15. The van der Waals surface area contributed by atoms with E-state index in [0.717, 1.165) is 0 Å². The number of sulfonamides is 1. The summed E-state index contributed by atoms with van der Waals surface area (Å²) in [6.07, 6.45) is 1.32. The number of nitrogens with one attached hydrogen (secondary N) is 2. The van der Waals surface area contributed by atoms with Gasteiger partial charge in [0, 0.05) is 6.20 Å². The van der Waals surface area contributed by atoms with Crippen LogP contribution in [0.5, 0.6) is 6.01 Å². The van der Waals surface area contributed by atoms with Gasteiger partial charge in [0.1, 0.15) is 15.9 Å². The van der Waals surface area contributed by atoms with Crippen LogP contribution in [0.25, 0.3) is 0 Å². The molecule has 0 unspecified atom stereocenters. The van der Waals surface area contributed by atoms with Crippen LogP contribution in [0, 0.1) is 6.92 Å². The smallest absolute Gasteiger partial charge is 0.335 e. The number of hydrogen-bond acceptors (Lipinski definition) is 8. The average Bonchev–Trinajstić information content (AvgIpc) is 2.46. The van der Waals surface area contributed by atoms with Gasteiger partial charge in [-0.2, -0.15) is 15.0 Å². The van der Waals surface area contributed by atoms with Crippen LogP contribution in [0.2, 0.25) is 5.15 Å². The van der Waals surface area contributed by atoms with E-state index < -0.39 is 16.1 Å². The van der Waals surface area contributed by atoms with Crippen LogP contribution in [-0.2, 0) is 10.0 Å². The normalized spacial score (nSPS) is 10.9. The summed E-state index contributed by atoms with van der Waals surface area (Å²) in [6.45, 7) is 1.55. The number of rotatable bonds is 4. The lowest BCUT2D eigenvalue weighted by Crippen LogP contribution is -2.35. The molecule has 0 spiro atoms. The first-order valence-corrected chi connectivity index (χ1v) is 7.89. The number of anilines is 1. The summed E-state index contributed by atoms with van der Waals surface area (Å²) >= 11 is 5.70. The first-order valence-electron chi connectivity index (χ1n) is 6.03. The minimum Gasteiger partial charge on any atom is -0.467 e. The van der Waals surface area contributed by atoms with Crippen LogP contribution in [0.3, 0.4) is 0 Å². The van der Waals surface area contributed by atoms with Gasteiger partial charge >= 0.3 is 12.0 Å². The number of halogens is 1. The quantitative estimate of drug-likeness (QED) is 0.764. The third kappa shape index (κ3) is 4.23. The van der Waals surface area contributed by atoms with Gasteiger partial charge in [0.25, 0.3) is 10.0 Å². The summed E-state index contributed by atoms with van der Waals surface area (Å²) in [4.78, 5) is 26.6. The average molecular weight is 359 g/mol. The van der Waals surface area contributed by atoms with E-state index in [-0.39, 0.29) is 27.8 Å². The SMILES string of the molecule is COc1nc(C)nc(NC(=O)NS(=O)(=O)c2cccnc2Cl)n1. The van der Waals surface area contributed by atoms with Crippen molar-refractivity contribution in [2.75, 3.05) is 12.4 Å². The Labute approximate surface area is 136 Å². The van der Waals surface area contributed by atoms with Crippen molar-refractivity contribution in [3.8, 4) is 6.01 Å². The van der Waals surface area contributed by atoms with Gasteiger partial charge in [-0.3, -0.25) is 5.32 Å². The highest BCUT2D eigenvalue weighted by molar-refractivity contribution is 7.90. The van der Waals surface area contributed by atoms with Gasteiger partial charge in [-0.25, -0.2) is 22.9 Å². The predicted octanol–water partition coefficient (Wildman–Crippen LogP) is 0.747. The maximum Gasteiger partial charge on any atom is 0.335 e.